The van der Waals surface area contributed by atoms with Crippen LogP contribution in [0.4, 0.5) is 0 Å². The quantitative estimate of drug-likeness (QED) is 0.878. The van der Waals surface area contributed by atoms with Gasteiger partial charge in [0.05, 0.1) is 11.7 Å². The lowest BCUT2D eigenvalue weighted by molar-refractivity contribution is 0.299. The zero-order valence-corrected chi connectivity index (χ0v) is 13.9. The molecule has 0 amide bonds. The number of nitrogens with one attached hydrogen (secondary N) is 1. The molecule has 0 fully saturated rings. The maximum Gasteiger partial charge on any atom is 0.110 e. The van der Waals surface area contributed by atoms with Crippen molar-refractivity contribution in [3.63, 3.8) is 0 Å². The second-order valence-corrected chi connectivity index (χ2v) is 8.38. The van der Waals surface area contributed by atoms with Crippen molar-refractivity contribution in [2.24, 2.45) is 5.41 Å². The molecule has 2 rings (SSSR count). The normalized spacial score (nSPS) is 17.6. The van der Waals surface area contributed by atoms with E-state index in [2.05, 4.69) is 39.9 Å². The molecule has 0 radical (unpaired) electrons. The molecule has 1 aliphatic rings. The molecule has 1 aliphatic carbocycles. The standard InChI is InChI=1S/C16H28N2S/c1-11(2)17-13(10-16(3,4)5)15-18-12-8-6-7-9-14(12)19-15/h11,13,17H,6-10H2,1-5H3. The summed E-state index contributed by atoms with van der Waals surface area (Å²) in [5.74, 6) is 0. The van der Waals surface area contributed by atoms with Gasteiger partial charge in [0.25, 0.3) is 0 Å². The van der Waals surface area contributed by atoms with Crippen LogP contribution in [-0.4, -0.2) is 11.0 Å². The molecule has 0 aliphatic heterocycles. The number of rotatable bonds is 4. The smallest absolute Gasteiger partial charge is 0.110 e. The summed E-state index contributed by atoms with van der Waals surface area (Å²) in [5.41, 5.74) is 1.72. The van der Waals surface area contributed by atoms with Crippen LogP contribution in [0.2, 0.25) is 0 Å². The Kier molecular flexibility index (Phi) is 4.67. The Hall–Kier alpha value is -0.410. The first-order chi connectivity index (χ1) is 8.85. The van der Waals surface area contributed by atoms with Crippen molar-refractivity contribution < 1.29 is 0 Å². The van der Waals surface area contributed by atoms with Gasteiger partial charge in [0, 0.05) is 10.9 Å². The van der Waals surface area contributed by atoms with Crippen LogP contribution in [-0.2, 0) is 12.8 Å². The maximum atomic E-state index is 4.94. The Morgan fingerprint density at radius 2 is 1.89 bits per heavy atom. The van der Waals surface area contributed by atoms with E-state index in [-0.39, 0.29) is 0 Å². The lowest BCUT2D eigenvalue weighted by atomic mass is 9.88. The third-order valence-electron chi connectivity index (χ3n) is 3.51. The number of thiazole rings is 1. The highest BCUT2D eigenvalue weighted by atomic mass is 32.1. The van der Waals surface area contributed by atoms with E-state index in [0.717, 1.165) is 6.42 Å². The van der Waals surface area contributed by atoms with E-state index < -0.39 is 0 Å². The van der Waals surface area contributed by atoms with Gasteiger partial charge >= 0.3 is 0 Å². The van der Waals surface area contributed by atoms with E-state index in [1.54, 1.807) is 4.88 Å². The molecule has 0 bridgehead atoms. The van der Waals surface area contributed by atoms with Gasteiger partial charge in [-0.3, -0.25) is 0 Å². The minimum atomic E-state index is 0.332. The van der Waals surface area contributed by atoms with E-state index in [0.29, 0.717) is 17.5 Å². The van der Waals surface area contributed by atoms with Gasteiger partial charge in [-0.2, -0.15) is 0 Å². The Morgan fingerprint density at radius 3 is 2.47 bits per heavy atom. The van der Waals surface area contributed by atoms with Gasteiger partial charge in [0.15, 0.2) is 0 Å². The Labute approximate surface area is 122 Å². The summed E-state index contributed by atoms with van der Waals surface area (Å²) in [5, 5.41) is 5.03. The first-order valence-electron chi connectivity index (χ1n) is 7.60. The lowest BCUT2D eigenvalue weighted by Gasteiger charge is -2.27. The van der Waals surface area contributed by atoms with E-state index in [1.807, 2.05) is 11.3 Å². The Balaban J connectivity index is 2.19. The number of nitrogens with zero attached hydrogens (tertiary/aromatic N) is 1. The van der Waals surface area contributed by atoms with Crippen molar-refractivity contribution in [1.29, 1.82) is 0 Å². The zero-order valence-electron chi connectivity index (χ0n) is 13.0. The monoisotopic (exact) mass is 280 g/mol. The fraction of sp³-hybridized carbons (Fsp3) is 0.812. The molecule has 1 heterocycles. The van der Waals surface area contributed by atoms with Crippen molar-refractivity contribution >= 4 is 11.3 Å². The number of aromatic nitrogens is 1. The van der Waals surface area contributed by atoms with Gasteiger partial charge in [-0.25, -0.2) is 4.98 Å². The maximum absolute atomic E-state index is 4.94. The summed E-state index contributed by atoms with van der Waals surface area (Å²) in [6.07, 6.45) is 6.25. The fourth-order valence-electron chi connectivity index (χ4n) is 2.75. The van der Waals surface area contributed by atoms with E-state index >= 15 is 0 Å². The minimum Gasteiger partial charge on any atom is -0.306 e. The van der Waals surface area contributed by atoms with E-state index in [9.17, 15) is 0 Å². The second kappa shape index (κ2) is 5.92. The van der Waals surface area contributed by atoms with Crippen molar-refractivity contribution in [2.75, 3.05) is 0 Å². The van der Waals surface area contributed by atoms with Crippen LogP contribution < -0.4 is 5.32 Å². The van der Waals surface area contributed by atoms with E-state index in [4.69, 9.17) is 4.98 Å². The average molecular weight is 280 g/mol. The predicted molar refractivity (Wildman–Crippen MR) is 83.8 cm³/mol. The van der Waals surface area contributed by atoms with E-state index in [1.165, 1.54) is 36.4 Å². The topological polar surface area (TPSA) is 24.9 Å². The number of aryl methyl sites for hydroxylation is 2. The first-order valence-corrected chi connectivity index (χ1v) is 8.41. The molecule has 1 aromatic rings. The average Bonchev–Trinajstić information content (AvgIpc) is 2.68. The molecule has 1 unspecified atom stereocenters. The number of fused-ring (bicyclic) bond motifs is 1. The molecule has 1 atom stereocenters. The number of hydrogen-bond donors (Lipinski definition) is 1. The largest absolute Gasteiger partial charge is 0.306 e. The van der Waals surface area contributed by atoms with Crippen molar-refractivity contribution in [1.82, 2.24) is 10.3 Å². The van der Waals surface area contributed by atoms with Gasteiger partial charge in [0.2, 0.25) is 0 Å². The van der Waals surface area contributed by atoms with Gasteiger partial charge in [-0.1, -0.05) is 34.6 Å². The van der Waals surface area contributed by atoms with Crippen molar-refractivity contribution in [3.05, 3.63) is 15.6 Å². The highest BCUT2D eigenvalue weighted by molar-refractivity contribution is 7.11. The van der Waals surface area contributed by atoms with Gasteiger partial charge in [0.1, 0.15) is 5.01 Å². The minimum absolute atomic E-state index is 0.332. The van der Waals surface area contributed by atoms with Gasteiger partial charge in [-0.15, -0.1) is 11.3 Å². The molecule has 1 N–H and O–H groups in total. The number of hydrogen-bond acceptors (Lipinski definition) is 3. The molecule has 108 valence electrons. The molecular weight excluding hydrogens is 252 g/mol. The summed E-state index contributed by atoms with van der Waals surface area (Å²) in [4.78, 5) is 6.49. The third kappa shape index (κ3) is 4.28. The molecule has 0 saturated heterocycles. The highest BCUT2D eigenvalue weighted by Crippen LogP contribution is 2.35. The summed E-state index contributed by atoms with van der Waals surface area (Å²) < 4.78 is 0. The highest BCUT2D eigenvalue weighted by Gasteiger charge is 2.25. The molecule has 2 nitrogen and oxygen atoms in total. The first kappa shape index (κ1) is 15.0. The van der Waals surface area contributed by atoms with Crippen LogP contribution in [0.15, 0.2) is 0 Å². The Bertz CT molecular complexity index is 391. The van der Waals surface area contributed by atoms with Crippen LogP contribution in [0.5, 0.6) is 0 Å². The summed E-state index contributed by atoms with van der Waals surface area (Å²) >= 11 is 1.95. The van der Waals surface area contributed by atoms with Gasteiger partial charge in [-0.05, 0) is 37.5 Å². The Morgan fingerprint density at radius 1 is 1.21 bits per heavy atom. The lowest BCUT2D eigenvalue weighted by Crippen LogP contribution is -2.31. The van der Waals surface area contributed by atoms with Crippen molar-refractivity contribution in [3.8, 4) is 0 Å². The molecule has 3 heteroatoms. The molecule has 0 saturated carbocycles. The molecular formula is C16H28N2S. The third-order valence-corrected chi connectivity index (χ3v) is 4.78. The predicted octanol–water partition coefficient (Wildman–Crippen LogP) is 4.50. The summed E-state index contributed by atoms with van der Waals surface area (Å²) in [7, 11) is 0. The summed E-state index contributed by atoms with van der Waals surface area (Å²) in [6.45, 7) is 11.4. The zero-order chi connectivity index (χ0) is 14.0. The van der Waals surface area contributed by atoms with Crippen LogP contribution in [0.25, 0.3) is 0 Å². The SMILES string of the molecule is CC(C)NC(CC(C)(C)C)c1nc2c(s1)CCCC2. The van der Waals surface area contributed by atoms with Crippen LogP contribution in [0.3, 0.4) is 0 Å². The van der Waals surface area contributed by atoms with Crippen molar-refractivity contribution in [2.45, 2.75) is 78.8 Å². The van der Waals surface area contributed by atoms with Crippen LogP contribution in [0, 0.1) is 5.41 Å². The fourth-order valence-corrected chi connectivity index (χ4v) is 3.97. The molecule has 19 heavy (non-hydrogen) atoms. The van der Waals surface area contributed by atoms with Crippen LogP contribution >= 0.6 is 11.3 Å². The molecule has 1 aromatic heterocycles. The summed E-state index contributed by atoms with van der Waals surface area (Å²) in [6, 6.07) is 0.920. The van der Waals surface area contributed by atoms with Crippen LogP contribution in [0.1, 0.15) is 75.5 Å². The molecule has 0 spiro atoms. The van der Waals surface area contributed by atoms with Gasteiger partial charge < -0.3 is 5.32 Å². The molecule has 0 aromatic carbocycles. The second-order valence-electron chi connectivity index (χ2n) is 7.27.